The van der Waals surface area contributed by atoms with Crippen molar-refractivity contribution in [1.82, 2.24) is 15.0 Å². The number of benzene rings is 1. The van der Waals surface area contributed by atoms with Crippen LogP contribution < -0.4 is 0 Å². The van der Waals surface area contributed by atoms with Crippen LogP contribution in [0, 0.1) is 24.7 Å². The van der Waals surface area contributed by atoms with E-state index in [0.29, 0.717) is 11.6 Å². The molecule has 4 rings (SSSR count). The largest absolute Gasteiger partial charge is 0.370 e. The van der Waals surface area contributed by atoms with Crippen LogP contribution in [0.5, 0.6) is 0 Å². The molecule has 0 spiro atoms. The maximum absolute atomic E-state index is 13.1. The zero-order valence-corrected chi connectivity index (χ0v) is 16.4. The number of nitrogens with zero attached hydrogens (tertiary/aromatic N) is 3. The van der Waals surface area contributed by atoms with Gasteiger partial charge < -0.3 is 14.2 Å². The smallest absolute Gasteiger partial charge is 0.293 e. The van der Waals surface area contributed by atoms with Crippen molar-refractivity contribution in [3.05, 3.63) is 46.8 Å². The van der Waals surface area contributed by atoms with E-state index >= 15 is 0 Å². The third-order valence-electron chi connectivity index (χ3n) is 4.92. The van der Waals surface area contributed by atoms with E-state index in [0.717, 1.165) is 16.7 Å². The molecule has 154 valence electrons. The van der Waals surface area contributed by atoms with Gasteiger partial charge >= 0.3 is 0 Å². The highest BCUT2D eigenvalue weighted by atomic mass is 19.3. The van der Waals surface area contributed by atoms with E-state index in [1.807, 2.05) is 25.1 Å². The lowest BCUT2D eigenvalue weighted by Gasteiger charge is -2.28. The predicted molar refractivity (Wildman–Crippen MR) is 100 cm³/mol. The summed E-state index contributed by atoms with van der Waals surface area (Å²) >= 11 is 0. The molecule has 0 bridgehead atoms. The SMILES string of the molecule is COC(c1cn(CC2OCC(F)(F)CO2)nn1)c1cc(C#CC2CC2)ccc1C. The van der Waals surface area contributed by atoms with Crippen molar-refractivity contribution in [3.8, 4) is 11.8 Å². The number of hydrogen-bond acceptors (Lipinski definition) is 5. The van der Waals surface area contributed by atoms with Gasteiger partial charge in [0.05, 0.1) is 12.7 Å². The number of aryl methyl sites for hydroxylation is 1. The summed E-state index contributed by atoms with van der Waals surface area (Å²) in [6.45, 7) is 0.862. The van der Waals surface area contributed by atoms with Gasteiger partial charge in [-0.2, -0.15) is 0 Å². The Morgan fingerprint density at radius 3 is 2.76 bits per heavy atom. The molecule has 0 radical (unpaired) electrons. The highest BCUT2D eigenvalue weighted by molar-refractivity contribution is 5.43. The van der Waals surface area contributed by atoms with Crippen LogP contribution in [0.2, 0.25) is 0 Å². The molecular weight excluding hydrogens is 380 g/mol. The van der Waals surface area contributed by atoms with E-state index in [1.54, 1.807) is 13.3 Å². The zero-order chi connectivity index (χ0) is 20.4. The van der Waals surface area contributed by atoms with E-state index in [-0.39, 0.29) is 6.54 Å². The molecule has 1 atom stereocenters. The molecule has 2 heterocycles. The maximum atomic E-state index is 13.1. The second-order valence-electron chi connectivity index (χ2n) is 7.50. The van der Waals surface area contributed by atoms with E-state index < -0.39 is 31.5 Å². The van der Waals surface area contributed by atoms with Crippen molar-refractivity contribution in [2.75, 3.05) is 20.3 Å². The van der Waals surface area contributed by atoms with Gasteiger partial charge in [-0.3, -0.25) is 0 Å². The molecule has 2 aromatic rings. The topological polar surface area (TPSA) is 58.4 Å². The molecular formula is C21H23F2N3O3. The summed E-state index contributed by atoms with van der Waals surface area (Å²) in [5, 5.41) is 8.28. The second-order valence-corrected chi connectivity index (χ2v) is 7.50. The molecule has 1 unspecified atom stereocenters. The van der Waals surface area contributed by atoms with Crippen molar-refractivity contribution in [3.63, 3.8) is 0 Å². The minimum absolute atomic E-state index is 0.172. The van der Waals surface area contributed by atoms with Crippen molar-refractivity contribution >= 4 is 0 Å². The highest BCUT2D eigenvalue weighted by Crippen LogP contribution is 2.29. The molecule has 29 heavy (non-hydrogen) atoms. The molecule has 0 N–H and O–H groups in total. The van der Waals surface area contributed by atoms with Crippen molar-refractivity contribution in [2.45, 2.75) is 44.6 Å². The molecule has 1 aromatic carbocycles. The first kappa shape index (κ1) is 20.0. The minimum Gasteiger partial charge on any atom is -0.370 e. The highest BCUT2D eigenvalue weighted by Gasteiger charge is 2.37. The van der Waals surface area contributed by atoms with Crippen LogP contribution in [0.15, 0.2) is 24.4 Å². The zero-order valence-electron chi connectivity index (χ0n) is 16.4. The first-order valence-electron chi connectivity index (χ1n) is 9.59. The van der Waals surface area contributed by atoms with E-state index in [9.17, 15) is 8.78 Å². The molecule has 2 aliphatic rings. The first-order chi connectivity index (χ1) is 13.9. The standard InChI is InChI=1S/C21H23F2N3O3/c1-14-3-4-16(8-7-15-5-6-15)9-17(14)20(27-2)18-10-26(25-24-18)11-19-28-12-21(22,23)13-29-19/h3-4,9-10,15,19-20H,5-6,11-13H2,1-2H3. The average Bonchev–Trinajstić information content (AvgIpc) is 3.42. The Morgan fingerprint density at radius 1 is 1.31 bits per heavy atom. The molecule has 1 aliphatic carbocycles. The fraction of sp³-hybridized carbons (Fsp3) is 0.524. The molecule has 6 nitrogen and oxygen atoms in total. The lowest BCUT2D eigenvalue weighted by molar-refractivity contribution is -0.271. The molecule has 0 amide bonds. The van der Waals surface area contributed by atoms with Gasteiger partial charge in [-0.05, 0) is 43.0 Å². The number of hydrogen-bond donors (Lipinski definition) is 0. The second kappa shape index (κ2) is 8.19. The maximum Gasteiger partial charge on any atom is 0.293 e. The summed E-state index contributed by atoms with van der Waals surface area (Å²) in [4.78, 5) is 0. The van der Waals surface area contributed by atoms with Crippen LogP contribution >= 0.6 is 0 Å². The van der Waals surface area contributed by atoms with Gasteiger partial charge in [0.15, 0.2) is 6.29 Å². The monoisotopic (exact) mass is 403 g/mol. The van der Waals surface area contributed by atoms with Gasteiger partial charge in [0.1, 0.15) is 25.0 Å². The van der Waals surface area contributed by atoms with Crippen molar-refractivity contribution in [1.29, 1.82) is 0 Å². The van der Waals surface area contributed by atoms with Crippen LogP contribution in [0.25, 0.3) is 0 Å². The first-order valence-corrected chi connectivity index (χ1v) is 9.59. The predicted octanol–water partition coefficient (Wildman–Crippen LogP) is 3.09. The Balaban J connectivity index is 1.49. The third-order valence-corrected chi connectivity index (χ3v) is 4.92. The number of aromatic nitrogens is 3. The Kier molecular flexibility index (Phi) is 5.63. The van der Waals surface area contributed by atoms with Gasteiger partial charge in [-0.25, -0.2) is 13.5 Å². The lowest BCUT2D eigenvalue weighted by atomic mass is 9.98. The summed E-state index contributed by atoms with van der Waals surface area (Å²) < 4.78 is 43.6. The van der Waals surface area contributed by atoms with Crippen LogP contribution in [0.4, 0.5) is 8.78 Å². The Labute approximate surface area is 168 Å². The molecule has 1 saturated heterocycles. The molecule has 2 fully saturated rings. The van der Waals surface area contributed by atoms with Gasteiger partial charge in [0, 0.05) is 18.6 Å². The number of rotatable bonds is 5. The quantitative estimate of drug-likeness (QED) is 0.718. The summed E-state index contributed by atoms with van der Waals surface area (Å²) in [5.74, 6) is 4.08. The number of halogens is 2. The Bertz CT molecular complexity index is 921. The summed E-state index contributed by atoms with van der Waals surface area (Å²) in [6, 6.07) is 6.05. The normalized spacial score (nSPS) is 20.1. The van der Waals surface area contributed by atoms with Crippen LogP contribution in [-0.4, -0.2) is 47.5 Å². The van der Waals surface area contributed by atoms with Gasteiger partial charge in [-0.1, -0.05) is 23.1 Å². The van der Waals surface area contributed by atoms with Crippen LogP contribution in [0.1, 0.15) is 41.3 Å². The molecule has 8 heteroatoms. The Hall–Kier alpha value is -2.34. The average molecular weight is 403 g/mol. The van der Waals surface area contributed by atoms with Crippen LogP contribution in [0.3, 0.4) is 0 Å². The number of methoxy groups -OCH3 is 1. The van der Waals surface area contributed by atoms with Crippen molar-refractivity contribution < 1.29 is 23.0 Å². The third kappa shape index (κ3) is 4.99. The van der Waals surface area contributed by atoms with Gasteiger partial charge in [0.25, 0.3) is 5.92 Å². The van der Waals surface area contributed by atoms with Gasteiger partial charge in [0.2, 0.25) is 0 Å². The minimum atomic E-state index is -2.95. The summed E-state index contributed by atoms with van der Waals surface area (Å²) in [7, 11) is 1.61. The summed E-state index contributed by atoms with van der Waals surface area (Å²) in [6.07, 6.45) is 2.88. The molecule has 1 saturated carbocycles. The van der Waals surface area contributed by atoms with Crippen LogP contribution in [-0.2, 0) is 20.8 Å². The Morgan fingerprint density at radius 2 is 2.07 bits per heavy atom. The fourth-order valence-corrected chi connectivity index (χ4v) is 3.12. The number of ether oxygens (including phenoxy) is 3. The summed E-state index contributed by atoms with van der Waals surface area (Å²) in [5.41, 5.74) is 3.58. The van der Waals surface area contributed by atoms with Gasteiger partial charge in [-0.15, -0.1) is 5.10 Å². The van der Waals surface area contributed by atoms with E-state index in [4.69, 9.17) is 14.2 Å². The fourth-order valence-electron chi connectivity index (χ4n) is 3.12. The number of alkyl halides is 2. The molecule has 1 aliphatic heterocycles. The van der Waals surface area contributed by atoms with E-state index in [2.05, 4.69) is 22.2 Å². The van der Waals surface area contributed by atoms with E-state index in [1.165, 1.54) is 17.5 Å². The molecule has 1 aromatic heterocycles. The van der Waals surface area contributed by atoms with Crippen molar-refractivity contribution in [2.24, 2.45) is 5.92 Å². The lowest BCUT2D eigenvalue weighted by Crippen LogP contribution is -2.42.